The van der Waals surface area contributed by atoms with E-state index >= 15 is 0 Å². The summed E-state index contributed by atoms with van der Waals surface area (Å²) in [4.78, 5) is 14.3. The number of nitrogens with zero attached hydrogens (tertiary/aromatic N) is 3. The summed E-state index contributed by atoms with van der Waals surface area (Å²) in [6.45, 7) is 0. The van der Waals surface area contributed by atoms with Crippen molar-refractivity contribution in [2.24, 2.45) is 0 Å². The van der Waals surface area contributed by atoms with Crippen molar-refractivity contribution >= 4 is 11.5 Å². The Labute approximate surface area is 216 Å². The minimum absolute atomic E-state index is 0.742. The molecule has 0 saturated heterocycles. The lowest BCUT2D eigenvalue weighted by Gasteiger charge is -2.15. The van der Waals surface area contributed by atoms with Crippen LogP contribution >= 0.6 is 0 Å². The Kier molecular flexibility index (Phi) is 6.21. The van der Waals surface area contributed by atoms with Gasteiger partial charge in [-0.2, -0.15) is 0 Å². The van der Waals surface area contributed by atoms with Crippen LogP contribution in [0.15, 0.2) is 140 Å². The molecule has 6 aromatic rings. The van der Waals surface area contributed by atoms with E-state index in [1.165, 1.54) is 0 Å². The quantitative estimate of drug-likeness (QED) is 0.263. The average Bonchev–Trinajstić information content (AvgIpc) is 2.99. The van der Waals surface area contributed by atoms with E-state index in [9.17, 15) is 0 Å². The molecule has 6 rings (SSSR count). The third-order valence-electron chi connectivity index (χ3n) is 6.23. The monoisotopic (exact) mass is 476 g/mol. The van der Waals surface area contributed by atoms with Crippen LogP contribution in [0.3, 0.4) is 0 Å². The maximum atomic E-state index is 4.97. The highest BCUT2D eigenvalue weighted by atomic mass is 15.0. The third-order valence-corrected chi connectivity index (χ3v) is 6.23. The lowest BCUT2D eigenvalue weighted by atomic mass is 10.0. The SMILES string of the molecule is c1ccc(-c2ccnc(-c3cccnc3Nc3ccccc3-c3cccc(-c4ccccc4)n3)c2)cc1. The summed E-state index contributed by atoms with van der Waals surface area (Å²) in [6.07, 6.45) is 3.64. The molecule has 0 saturated carbocycles. The number of nitrogens with one attached hydrogen (secondary N) is 1. The average molecular weight is 477 g/mol. The van der Waals surface area contributed by atoms with E-state index < -0.39 is 0 Å². The molecule has 3 heterocycles. The summed E-state index contributed by atoms with van der Waals surface area (Å²) in [5.41, 5.74) is 8.91. The van der Waals surface area contributed by atoms with Gasteiger partial charge in [-0.15, -0.1) is 0 Å². The molecule has 0 aliphatic heterocycles. The maximum absolute atomic E-state index is 4.97. The second-order valence-corrected chi connectivity index (χ2v) is 8.64. The number of anilines is 2. The molecule has 0 radical (unpaired) electrons. The fourth-order valence-corrected chi connectivity index (χ4v) is 4.40. The normalized spacial score (nSPS) is 10.7. The number of pyridine rings is 3. The zero-order valence-corrected chi connectivity index (χ0v) is 20.1. The van der Waals surface area contributed by atoms with Gasteiger partial charge in [0.15, 0.2) is 0 Å². The van der Waals surface area contributed by atoms with Gasteiger partial charge in [0.05, 0.1) is 17.1 Å². The van der Waals surface area contributed by atoms with E-state index in [0.717, 1.165) is 56.4 Å². The van der Waals surface area contributed by atoms with Crippen LogP contribution in [0.4, 0.5) is 11.5 Å². The predicted octanol–water partition coefficient (Wildman–Crippen LogP) is 8.28. The summed E-state index contributed by atoms with van der Waals surface area (Å²) < 4.78 is 0. The molecule has 37 heavy (non-hydrogen) atoms. The molecule has 3 aromatic carbocycles. The fraction of sp³-hybridized carbons (Fsp3) is 0. The van der Waals surface area contributed by atoms with E-state index in [-0.39, 0.29) is 0 Å². The summed E-state index contributed by atoms with van der Waals surface area (Å²) >= 11 is 0. The van der Waals surface area contributed by atoms with E-state index in [0.29, 0.717) is 0 Å². The molecule has 0 unspecified atom stereocenters. The second-order valence-electron chi connectivity index (χ2n) is 8.64. The van der Waals surface area contributed by atoms with Crippen LogP contribution in [0.5, 0.6) is 0 Å². The summed E-state index contributed by atoms with van der Waals surface area (Å²) in [7, 11) is 0. The number of aromatic nitrogens is 3. The van der Waals surface area contributed by atoms with Gasteiger partial charge in [-0.3, -0.25) is 4.98 Å². The lowest BCUT2D eigenvalue weighted by molar-refractivity contribution is 1.27. The summed E-state index contributed by atoms with van der Waals surface area (Å²) in [6, 6.07) is 43.0. The Bertz CT molecular complexity index is 1520. The minimum atomic E-state index is 0.742. The summed E-state index contributed by atoms with van der Waals surface area (Å²) in [5.74, 6) is 0.742. The Morgan fingerprint density at radius 2 is 1.14 bits per heavy atom. The Balaban J connectivity index is 1.37. The number of para-hydroxylation sites is 1. The summed E-state index contributed by atoms with van der Waals surface area (Å²) in [5, 5.41) is 3.57. The van der Waals surface area contributed by atoms with Gasteiger partial charge in [0, 0.05) is 34.8 Å². The van der Waals surface area contributed by atoms with Crippen LogP contribution in [0.25, 0.3) is 44.9 Å². The molecule has 0 fully saturated rings. The molecule has 4 nitrogen and oxygen atoms in total. The van der Waals surface area contributed by atoms with Crippen LogP contribution in [0.2, 0.25) is 0 Å². The first-order chi connectivity index (χ1) is 18.3. The molecule has 0 aliphatic carbocycles. The van der Waals surface area contributed by atoms with Crippen molar-refractivity contribution in [1.82, 2.24) is 15.0 Å². The topological polar surface area (TPSA) is 50.7 Å². The Hall–Kier alpha value is -5.09. The van der Waals surface area contributed by atoms with E-state index in [1.54, 1.807) is 6.20 Å². The molecule has 0 aliphatic rings. The van der Waals surface area contributed by atoms with Crippen molar-refractivity contribution in [3.8, 4) is 44.9 Å². The number of hydrogen-bond donors (Lipinski definition) is 1. The number of hydrogen-bond acceptors (Lipinski definition) is 4. The van der Waals surface area contributed by atoms with Crippen molar-refractivity contribution in [2.75, 3.05) is 5.32 Å². The molecule has 0 spiro atoms. The van der Waals surface area contributed by atoms with Crippen molar-refractivity contribution in [3.05, 3.63) is 140 Å². The highest BCUT2D eigenvalue weighted by molar-refractivity contribution is 5.84. The number of rotatable bonds is 6. The predicted molar refractivity (Wildman–Crippen MR) is 151 cm³/mol. The first-order valence-electron chi connectivity index (χ1n) is 12.2. The minimum Gasteiger partial charge on any atom is -0.339 e. The van der Waals surface area contributed by atoms with E-state index in [1.807, 2.05) is 91.1 Å². The molecule has 0 bridgehead atoms. The molecule has 0 amide bonds. The third kappa shape index (κ3) is 4.86. The molecule has 1 N–H and O–H groups in total. The van der Waals surface area contributed by atoms with Crippen LogP contribution in [-0.2, 0) is 0 Å². The van der Waals surface area contributed by atoms with E-state index in [4.69, 9.17) is 4.98 Å². The van der Waals surface area contributed by atoms with Crippen LogP contribution in [-0.4, -0.2) is 15.0 Å². The van der Waals surface area contributed by atoms with Crippen LogP contribution in [0, 0.1) is 0 Å². The van der Waals surface area contributed by atoms with Crippen molar-refractivity contribution in [1.29, 1.82) is 0 Å². The first-order valence-corrected chi connectivity index (χ1v) is 12.2. The van der Waals surface area contributed by atoms with E-state index in [2.05, 4.69) is 57.7 Å². The molecule has 0 atom stereocenters. The zero-order valence-electron chi connectivity index (χ0n) is 20.1. The van der Waals surface area contributed by atoms with Gasteiger partial charge in [0.1, 0.15) is 5.82 Å². The van der Waals surface area contributed by atoms with Crippen LogP contribution in [0.1, 0.15) is 0 Å². The van der Waals surface area contributed by atoms with Crippen molar-refractivity contribution in [3.63, 3.8) is 0 Å². The van der Waals surface area contributed by atoms with Gasteiger partial charge < -0.3 is 5.32 Å². The fourth-order valence-electron chi connectivity index (χ4n) is 4.40. The Morgan fingerprint density at radius 1 is 0.432 bits per heavy atom. The van der Waals surface area contributed by atoms with Gasteiger partial charge in [-0.25, -0.2) is 9.97 Å². The Morgan fingerprint density at radius 3 is 1.97 bits per heavy atom. The van der Waals surface area contributed by atoms with Gasteiger partial charge >= 0.3 is 0 Å². The maximum Gasteiger partial charge on any atom is 0.139 e. The highest BCUT2D eigenvalue weighted by Gasteiger charge is 2.13. The van der Waals surface area contributed by atoms with Gasteiger partial charge in [-0.1, -0.05) is 84.9 Å². The molecular formula is C33H24N4. The first kappa shape index (κ1) is 22.4. The second kappa shape index (κ2) is 10.3. The lowest BCUT2D eigenvalue weighted by Crippen LogP contribution is -1.99. The number of benzene rings is 3. The van der Waals surface area contributed by atoms with Gasteiger partial charge in [0.25, 0.3) is 0 Å². The smallest absolute Gasteiger partial charge is 0.139 e. The van der Waals surface area contributed by atoms with Gasteiger partial charge in [0.2, 0.25) is 0 Å². The van der Waals surface area contributed by atoms with Crippen molar-refractivity contribution < 1.29 is 0 Å². The zero-order chi connectivity index (χ0) is 24.9. The standard InChI is InChI=1S/C33H24N4/c1-3-11-24(12-4-1)26-20-22-34-32(23-26)28-16-10-21-35-33(28)37-31-17-8-7-15-27(31)30-19-9-18-29(36-30)25-13-5-2-6-14-25/h1-23H,(H,35,37). The molecule has 3 aromatic heterocycles. The molecule has 4 heteroatoms. The highest BCUT2D eigenvalue weighted by Crippen LogP contribution is 2.34. The van der Waals surface area contributed by atoms with Crippen molar-refractivity contribution in [2.45, 2.75) is 0 Å². The molecule has 176 valence electrons. The van der Waals surface area contributed by atoms with Gasteiger partial charge in [-0.05, 0) is 53.6 Å². The van der Waals surface area contributed by atoms with Crippen LogP contribution < -0.4 is 5.32 Å². The molecular weight excluding hydrogens is 452 g/mol. The largest absolute Gasteiger partial charge is 0.339 e.